The Hall–Kier alpha value is -2.07. The van der Waals surface area contributed by atoms with Crippen LogP contribution in [0.2, 0.25) is 0 Å². The smallest absolute Gasteiger partial charge is 0.177 e. The molecule has 0 saturated heterocycles. The van der Waals surface area contributed by atoms with Crippen LogP contribution in [0.3, 0.4) is 0 Å². The summed E-state index contributed by atoms with van der Waals surface area (Å²) >= 11 is 5.41. The third kappa shape index (κ3) is 3.48. The highest BCUT2D eigenvalue weighted by Gasteiger charge is 2.07. The van der Waals surface area contributed by atoms with E-state index in [9.17, 15) is 5.11 Å². The lowest BCUT2D eigenvalue weighted by Gasteiger charge is -2.21. The second kappa shape index (κ2) is 5.92. The maximum atomic E-state index is 9.31. The summed E-state index contributed by atoms with van der Waals surface area (Å²) in [6.07, 6.45) is 0. The number of aromatic hydroxyl groups is 1. The number of benzene rings is 2. The van der Waals surface area contributed by atoms with Crippen molar-refractivity contribution >= 4 is 28.7 Å². The number of nitrogens with one attached hydrogen (secondary N) is 1. The minimum atomic E-state index is 0.246. The molecule has 0 amide bonds. The Morgan fingerprint density at radius 1 is 1.05 bits per heavy atom. The number of hydrogen-bond acceptors (Lipinski definition) is 2. The van der Waals surface area contributed by atoms with Crippen LogP contribution in [0.15, 0.2) is 42.5 Å². The molecule has 0 aliphatic rings. The molecule has 2 N–H and O–H groups in total. The van der Waals surface area contributed by atoms with Crippen LogP contribution in [-0.4, -0.2) is 17.3 Å². The highest BCUT2D eigenvalue weighted by atomic mass is 32.1. The van der Waals surface area contributed by atoms with Crippen LogP contribution in [0, 0.1) is 13.8 Å². The fourth-order valence-electron chi connectivity index (χ4n) is 2.05. The lowest BCUT2D eigenvalue weighted by atomic mass is 10.1. The third-order valence-electron chi connectivity index (χ3n) is 3.01. The fourth-order valence-corrected chi connectivity index (χ4v) is 2.27. The first-order valence-corrected chi connectivity index (χ1v) is 6.78. The molecule has 20 heavy (non-hydrogen) atoms. The second-order valence-corrected chi connectivity index (χ2v) is 5.27. The van der Waals surface area contributed by atoms with E-state index in [4.69, 9.17) is 12.2 Å². The molecule has 0 aliphatic carbocycles. The van der Waals surface area contributed by atoms with Gasteiger partial charge in [0.15, 0.2) is 5.11 Å². The van der Waals surface area contributed by atoms with Crippen molar-refractivity contribution in [3.05, 3.63) is 53.6 Å². The van der Waals surface area contributed by atoms with Crippen molar-refractivity contribution in [2.24, 2.45) is 0 Å². The molecule has 0 spiro atoms. The Labute approximate surface area is 124 Å². The third-order valence-corrected chi connectivity index (χ3v) is 3.39. The molecule has 2 aromatic rings. The Kier molecular flexibility index (Phi) is 4.25. The van der Waals surface area contributed by atoms with Crippen LogP contribution in [0.4, 0.5) is 11.4 Å². The second-order valence-electron chi connectivity index (χ2n) is 4.88. The van der Waals surface area contributed by atoms with E-state index in [2.05, 4.69) is 37.4 Å². The largest absolute Gasteiger partial charge is 0.508 e. The van der Waals surface area contributed by atoms with Crippen LogP contribution in [-0.2, 0) is 0 Å². The van der Waals surface area contributed by atoms with Gasteiger partial charge in [-0.3, -0.25) is 0 Å². The van der Waals surface area contributed by atoms with E-state index in [1.165, 1.54) is 11.1 Å². The molecular weight excluding hydrogens is 268 g/mol. The number of phenolic OH excluding ortho intramolecular Hbond substituents is 1. The Balaban J connectivity index is 2.13. The van der Waals surface area contributed by atoms with Gasteiger partial charge >= 0.3 is 0 Å². The number of aryl methyl sites for hydroxylation is 2. The van der Waals surface area contributed by atoms with E-state index in [0.717, 1.165) is 11.4 Å². The minimum Gasteiger partial charge on any atom is -0.508 e. The van der Waals surface area contributed by atoms with Crippen LogP contribution in [0.5, 0.6) is 5.75 Å². The van der Waals surface area contributed by atoms with E-state index in [1.54, 1.807) is 12.1 Å². The van der Waals surface area contributed by atoms with E-state index in [0.29, 0.717) is 5.11 Å². The van der Waals surface area contributed by atoms with Crippen molar-refractivity contribution in [2.75, 3.05) is 17.3 Å². The molecule has 4 heteroatoms. The highest BCUT2D eigenvalue weighted by molar-refractivity contribution is 7.80. The number of phenols is 1. The number of thiocarbonyl (C=S) groups is 1. The average molecular weight is 286 g/mol. The van der Waals surface area contributed by atoms with Gasteiger partial charge in [-0.1, -0.05) is 6.07 Å². The molecule has 0 aliphatic heterocycles. The van der Waals surface area contributed by atoms with Gasteiger partial charge in [-0.25, -0.2) is 0 Å². The molecule has 0 fully saturated rings. The van der Waals surface area contributed by atoms with Gasteiger partial charge in [0.1, 0.15) is 5.75 Å². The summed E-state index contributed by atoms with van der Waals surface area (Å²) in [6, 6.07) is 13.2. The highest BCUT2D eigenvalue weighted by Crippen LogP contribution is 2.19. The van der Waals surface area contributed by atoms with E-state index in [1.807, 2.05) is 24.1 Å². The Morgan fingerprint density at radius 2 is 1.60 bits per heavy atom. The first-order chi connectivity index (χ1) is 9.45. The van der Waals surface area contributed by atoms with Gasteiger partial charge in [0.05, 0.1) is 0 Å². The molecule has 2 rings (SSSR count). The van der Waals surface area contributed by atoms with Crippen molar-refractivity contribution in [1.82, 2.24) is 0 Å². The van der Waals surface area contributed by atoms with Crippen LogP contribution in [0.1, 0.15) is 11.1 Å². The van der Waals surface area contributed by atoms with Gasteiger partial charge in [0.2, 0.25) is 0 Å². The average Bonchev–Trinajstić information content (AvgIpc) is 2.37. The summed E-state index contributed by atoms with van der Waals surface area (Å²) in [5.74, 6) is 0.246. The molecule has 3 nitrogen and oxygen atoms in total. The maximum absolute atomic E-state index is 9.31. The Bertz CT molecular complexity index is 603. The van der Waals surface area contributed by atoms with Crippen molar-refractivity contribution in [2.45, 2.75) is 13.8 Å². The number of rotatable bonds is 2. The van der Waals surface area contributed by atoms with Gasteiger partial charge in [0.25, 0.3) is 0 Å². The van der Waals surface area contributed by atoms with Gasteiger partial charge in [0, 0.05) is 18.4 Å². The fraction of sp³-hybridized carbons (Fsp3) is 0.188. The Morgan fingerprint density at radius 3 is 2.15 bits per heavy atom. The van der Waals surface area contributed by atoms with Crippen LogP contribution in [0.25, 0.3) is 0 Å². The molecule has 0 bridgehead atoms. The first kappa shape index (κ1) is 14.3. The molecule has 0 radical (unpaired) electrons. The van der Waals surface area contributed by atoms with E-state index < -0.39 is 0 Å². The molecule has 104 valence electrons. The summed E-state index contributed by atoms with van der Waals surface area (Å²) in [5, 5.41) is 13.1. The lowest BCUT2D eigenvalue weighted by molar-refractivity contribution is 0.475. The van der Waals surface area contributed by atoms with E-state index >= 15 is 0 Å². The van der Waals surface area contributed by atoms with Crippen LogP contribution < -0.4 is 10.2 Å². The van der Waals surface area contributed by atoms with Gasteiger partial charge in [-0.05, 0) is 73.6 Å². The van der Waals surface area contributed by atoms with Crippen molar-refractivity contribution in [3.8, 4) is 5.75 Å². The molecule has 0 heterocycles. The first-order valence-electron chi connectivity index (χ1n) is 6.38. The molecule has 0 unspecified atom stereocenters. The standard InChI is InChI=1S/C16H18N2OS/c1-11-8-12(2)10-13(9-11)17-16(20)18(3)14-4-6-15(19)7-5-14/h4-10,19H,1-3H3,(H,17,20). The lowest BCUT2D eigenvalue weighted by Crippen LogP contribution is -2.30. The zero-order valence-electron chi connectivity index (χ0n) is 11.8. The van der Waals surface area contributed by atoms with E-state index in [-0.39, 0.29) is 5.75 Å². The van der Waals surface area contributed by atoms with Gasteiger partial charge in [-0.15, -0.1) is 0 Å². The zero-order chi connectivity index (χ0) is 14.7. The van der Waals surface area contributed by atoms with Crippen molar-refractivity contribution in [3.63, 3.8) is 0 Å². The summed E-state index contributed by atoms with van der Waals surface area (Å²) < 4.78 is 0. The molecule has 0 aromatic heterocycles. The molecule has 2 aromatic carbocycles. The molecule has 0 saturated carbocycles. The summed E-state index contributed by atoms with van der Waals surface area (Å²) in [4.78, 5) is 1.87. The predicted octanol–water partition coefficient (Wildman–Crippen LogP) is 3.84. The monoisotopic (exact) mass is 286 g/mol. The minimum absolute atomic E-state index is 0.246. The normalized spacial score (nSPS) is 10.2. The number of hydrogen-bond donors (Lipinski definition) is 2. The zero-order valence-corrected chi connectivity index (χ0v) is 12.7. The molecular formula is C16H18N2OS. The summed E-state index contributed by atoms with van der Waals surface area (Å²) in [7, 11) is 1.89. The summed E-state index contributed by atoms with van der Waals surface area (Å²) in [6.45, 7) is 4.12. The van der Waals surface area contributed by atoms with Gasteiger partial charge in [-0.2, -0.15) is 0 Å². The summed E-state index contributed by atoms with van der Waals surface area (Å²) in [5.41, 5.74) is 4.30. The van der Waals surface area contributed by atoms with Crippen LogP contribution >= 0.6 is 12.2 Å². The number of nitrogens with zero attached hydrogens (tertiary/aromatic N) is 1. The topological polar surface area (TPSA) is 35.5 Å². The number of anilines is 2. The van der Waals surface area contributed by atoms with Crippen molar-refractivity contribution in [1.29, 1.82) is 0 Å². The van der Waals surface area contributed by atoms with Crippen molar-refractivity contribution < 1.29 is 5.11 Å². The molecule has 0 atom stereocenters. The predicted molar refractivity (Wildman–Crippen MR) is 88.6 cm³/mol. The quantitative estimate of drug-likeness (QED) is 0.822. The maximum Gasteiger partial charge on any atom is 0.177 e. The SMILES string of the molecule is Cc1cc(C)cc(NC(=S)N(C)c2ccc(O)cc2)c1. The van der Waals surface area contributed by atoms with Gasteiger partial charge < -0.3 is 15.3 Å².